The van der Waals surface area contributed by atoms with Gasteiger partial charge in [0.1, 0.15) is 0 Å². The van der Waals surface area contributed by atoms with Gasteiger partial charge in [0.25, 0.3) is 0 Å². The van der Waals surface area contributed by atoms with Crippen LogP contribution in [0, 0.1) is 0 Å². The van der Waals surface area contributed by atoms with Gasteiger partial charge < -0.3 is 15.1 Å². The summed E-state index contributed by atoms with van der Waals surface area (Å²) in [5.74, 6) is -0.753. The summed E-state index contributed by atoms with van der Waals surface area (Å²) in [7, 11) is 1.76. The molecule has 6 nitrogen and oxygen atoms in total. The van der Waals surface area contributed by atoms with Crippen molar-refractivity contribution in [3.63, 3.8) is 0 Å². The summed E-state index contributed by atoms with van der Waals surface area (Å²) < 4.78 is 0. The summed E-state index contributed by atoms with van der Waals surface area (Å²) in [6.45, 7) is 1.74. The Morgan fingerprint density at radius 1 is 1.25 bits per heavy atom. The molecule has 0 radical (unpaired) electrons. The summed E-state index contributed by atoms with van der Waals surface area (Å²) in [6, 6.07) is 3.98. The minimum absolute atomic E-state index is 0.00357. The predicted octanol–water partition coefficient (Wildman–Crippen LogP) is 0.445. The van der Waals surface area contributed by atoms with E-state index in [4.69, 9.17) is 0 Å². The number of nitrogens with zero attached hydrogens (tertiary/aromatic N) is 2. The molecule has 1 amide bonds. The average Bonchev–Trinajstić information content (AvgIpc) is 2.55. The zero-order chi connectivity index (χ0) is 14.7. The zero-order valence-electron chi connectivity index (χ0n) is 11.4. The number of phenolic OH excluding ortho intramolecular Hbond substituents is 2. The smallest absolute Gasteiger partial charge is 0.236 e. The molecule has 0 atom stereocenters. The molecule has 0 spiro atoms. The van der Waals surface area contributed by atoms with Crippen molar-refractivity contribution in [3.05, 3.63) is 23.8 Å². The van der Waals surface area contributed by atoms with Crippen LogP contribution in [0.5, 0.6) is 11.5 Å². The standard InChI is InChI=1S/C14H18N2O4/c1-15-5-2-6-16(9-14(15)20)8-13(19)10-3-4-11(17)12(18)7-10/h3-4,7,17-18H,2,5-6,8-9H2,1H3. The Morgan fingerprint density at radius 3 is 2.70 bits per heavy atom. The first-order valence-corrected chi connectivity index (χ1v) is 6.49. The van der Waals surface area contributed by atoms with Gasteiger partial charge in [0.05, 0.1) is 13.1 Å². The first kappa shape index (κ1) is 14.3. The predicted molar refractivity (Wildman–Crippen MR) is 72.8 cm³/mol. The number of rotatable bonds is 3. The highest BCUT2D eigenvalue weighted by atomic mass is 16.3. The summed E-state index contributed by atoms with van der Waals surface area (Å²) in [6.07, 6.45) is 0.830. The zero-order valence-corrected chi connectivity index (χ0v) is 11.4. The molecule has 1 fully saturated rings. The van der Waals surface area contributed by atoms with E-state index in [0.717, 1.165) is 6.42 Å². The normalized spacial score (nSPS) is 17.1. The Balaban J connectivity index is 2.03. The van der Waals surface area contributed by atoms with Gasteiger partial charge in [-0.05, 0) is 24.6 Å². The van der Waals surface area contributed by atoms with Crippen LogP contribution in [0.4, 0.5) is 0 Å². The molecular formula is C14H18N2O4. The molecule has 1 aromatic carbocycles. The minimum atomic E-state index is -0.317. The van der Waals surface area contributed by atoms with Crippen molar-refractivity contribution in [1.29, 1.82) is 0 Å². The Labute approximate surface area is 117 Å². The van der Waals surface area contributed by atoms with E-state index in [-0.39, 0.29) is 36.3 Å². The van der Waals surface area contributed by atoms with Gasteiger partial charge >= 0.3 is 0 Å². The second kappa shape index (κ2) is 5.92. The Bertz CT molecular complexity index is 530. The molecule has 0 aromatic heterocycles. The number of benzene rings is 1. The monoisotopic (exact) mass is 278 g/mol. The molecule has 1 aliphatic heterocycles. The molecule has 0 unspecified atom stereocenters. The van der Waals surface area contributed by atoms with Gasteiger partial charge in [-0.1, -0.05) is 0 Å². The van der Waals surface area contributed by atoms with E-state index in [1.54, 1.807) is 16.8 Å². The Hall–Kier alpha value is -2.08. The number of aromatic hydroxyl groups is 2. The van der Waals surface area contributed by atoms with Crippen LogP contribution in [-0.2, 0) is 4.79 Å². The minimum Gasteiger partial charge on any atom is -0.504 e. The highest BCUT2D eigenvalue weighted by molar-refractivity contribution is 5.98. The van der Waals surface area contributed by atoms with Crippen molar-refractivity contribution in [2.75, 3.05) is 33.2 Å². The molecule has 20 heavy (non-hydrogen) atoms. The number of hydrogen-bond acceptors (Lipinski definition) is 5. The molecule has 0 saturated carbocycles. The number of amides is 1. The van der Waals surface area contributed by atoms with Crippen LogP contribution in [0.1, 0.15) is 16.8 Å². The molecule has 2 N–H and O–H groups in total. The number of carbonyl (C=O) groups excluding carboxylic acids is 2. The number of hydrogen-bond donors (Lipinski definition) is 2. The van der Waals surface area contributed by atoms with Crippen molar-refractivity contribution >= 4 is 11.7 Å². The van der Waals surface area contributed by atoms with Gasteiger partial charge in [0.15, 0.2) is 17.3 Å². The largest absolute Gasteiger partial charge is 0.504 e. The van der Waals surface area contributed by atoms with Crippen LogP contribution >= 0.6 is 0 Å². The van der Waals surface area contributed by atoms with E-state index in [1.807, 2.05) is 0 Å². The maximum absolute atomic E-state index is 12.1. The van der Waals surface area contributed by atoms with Crippen LogP contribution in [0.2, 0.25) is 0 Å². The van der Waals surface area contributed by atoms with E-state index in [1.165, 1.54) is 18.2 Å². The summed E-state index contributed by atoms with van der Waals surface area (Å²) in [5.41, 5.74) is 0.324. The van der Waals surface area contributed by atoms with E-state index < -0.39 is 0 Å². The van der Waals surface area contributed by atoms with Crippen LogP contribution in [0.3, 0.4) is 0 Å². The van der Waals surface area contributed by atoms with Crippen molar-refractivity contribution in [2.45, 2.75) is 6.42 Å². The third kappa shape index (κ3) is 3.27. The fourth-order valence-corrected chi connectivity index (χ4v) is 2.17. The van der Waals surface area contributed by atoms with Gasteiger partial charge in [0, 0.05) is 25.7 Å². The van der Waals surface area contributed by atoms with E-state index in [9.17, 15) is 19.8 Å². The molecule has 1 aliphatic rings. The SMILES string of the molecule is CN1CCCN(CC(=O)c2ccc(O)c(O)c2)CC1=O. The number of phenols is 2. The number of carbonyl (C=O) groups is 2. The van der Waals surface area contributed by atoms with E-state index >= 15 is 0 Å². The first-order valence-electron chi connectivity index (χ1n) is 6.49. The lowest BCUT2D eigenvalue weighted by Gasteiger charge is -2.18. The van der Waals surface area contributed by atoms with Gasteiger partial charge in [0.2, 0.25) is 5.91 Å². The number of ketones is 1. The van der Waals surface area contributed by atoms with Gasteiger partial charge in [-0.2, -0.15) is 0 Å². The highest BCUT2D eigenvalue weighted by Crippen LogP contribution is 2.25. The molecule has 0 bridgehead atoms. The average molecular weight is 278 g/mol. The lowest BCUT2D eigenvalue weighted by Crippen LogP contribution is -2.37. The van der Waals surface area contributed by atoms with Crippen LogP contribution in [-0.4, -0.2) is 64.9 Å². The third-order valence-electron chi connectivity index (χ3n) is 3.42. The maximum Gasteiger partial charge on any atom is 0.236 e. The topological polar surface area (TPSA) is 81.1 Å². The first-order chi connectivity index (χ1) is 9.47. The Kier molecular flexibility index (Phi) is 4.24. The molecular weight excluding hydrogens is 260 g/mol. The molecule has 1 aromatic rings. The molecule has 2 rings (SSSR count). The van der Waals surface area contributed by atoms with Crippen LogP contribution in [0.15, 0.2) is 18.2 Å². The molecule has 0 aliphatic carbocycles. The van der Waals surface area contributed by atoms with Gasteiger partial charge in [-0.3, -0.25) is 14.5 Å². The number of Topliss-reactive ketones (excluding diaryl/α,β-unsaturated/α-hetero) is 1. The van der Waals surface area contributed by atoms with Crippen molar-refractivity contribution in [1.82, 2.24) is 9.80 Å². The summed E-state index contributed by atoms with van der Waals surface area (Å²) >= 11 is 0. The fourth-order valence-electron chi connectivity index (χ4n) is 2.17. The molecule has 1 heterocycles. The van der Waals surface area contributed by atoms with Crippen molar-refractivity contribution in [3.8, 4) is 11.5 Å². The molecule has 1 saturated heterocycles. The van der Waals surface area contributed by atoms with Gasteiger partial charge in [-0.25, -0.2) is 0 Å². The van der Waals surface area contributed by atoms with Crippen molar-refractivity contribution in [2.24, 2.45) is 0 Å². The molecule has 108 valence electrons. The van der Waals surface area contributed by atoms with E-state index in [0.29, 0.717) is 18.7 Å². The van der Waals surface area contributed by atoms with Crippen LogP contribution < -0.4 is 0 Å². The lowest BCUT2D eigenvalue weighted by molar-refractivity contribution is -0.129. The summed E-state index contributed by atoms with van der Waals surface area (Å²) in [4.78, 5) is 27.3. The quantitative estimate of drug-likeness (QED) is 0.619. The van der Waals surface area contributed by atoms with Crippen LogP contribution in [0.25, 0.3) is 0 Å². The lowest BCUT2D eigenvalue weighted by atomic mass is 10.1. The summed E-state index contributed by atoms with van der Waals surface area (Å²) in [5, 5.41) is 18.6. The second-order valence-corrected chi connectivity index (χ2v) is 5.01. The number of likely N-dealkylation sites (N-methyl/N-ethyl adjacent to an activating group) is 1. The highest BCUT2D eigenvalue weighted by Gasteiger charge is 2.21. The molecule has 6 heteroatoms. The van der Waals surface area contributed by atoms with E-state index in [2.05, 4.69) is 0 Å². The maximum atomic E-state index is 12.1. The third-order valence-corrected chi connectivity index (χ3v) is 3.42. The fraction of sp³-hybridized carbons (Fsp3) is 0.429. The van der Waals surface area contributed by atoms with Crippen molar-refractivity contribution < 1.29 is 19.8 Å². The Morgan fingerprint density at radius 2 is 2.00 bits per heavy atom. The van der Waals surface area contributed by atoms with Gasteiger partial charge in [-0.15, -0.1) is 0 Å². The second-order valence-electron chi connectivity index (χ2n) is 5.01.